The molecule has 2 aromatic rings. The van der Waals surface area contributed by atoms with E-state index in [1.54, 1.807) is 0 Å². The fourth-order valence-electron chi connectivity index (χ4n) is 2.59. The SMILES string of the molecule is CN1CCOc2cc([N+](=O)[O-])c(C(=O)NCc3ccccc3)cc21. The molecule has 0 atom stereocenters. The van der Waals surface area contributed by atoms with Crippen LogP contribution in [0.25, 0.3) is 0 Å². The van der Waals surface area contributed by atoms with E-state index in [1.165, 1.54) is 12.1 Å². The molecule has 24 heavy (non-hydrogen) atoms. The lowest BCUT2D eigenvalue weighted by atomic mass is 10.1. The van der Waals surface area contributed by atoms with Crippen molar-refractivity contribution in [3.05, 3.63) is 63.7 Å². The van der Waals surface area contributed by atoms with E-state index in [-0.39, 0.29) is 11.3 Å². The third-order valence-electron chi connectivity index (χ3n) is 3.91. The minimum Gasteiger partial charge on any atom is -0.489 e. The highest BCUT2D eigenvalue weighted by atomic mass is 16.6. The number of ether oxygens (including phenoxy) is 1. The lowest BCUT2D eigenvalue weighted by Gasteiger charge is -2.27. The summed E-state index contributed by atoms with van der Waals surface area (Å²) >= 11 is 0. The topological polar surface area (TPSA) is 84.7 Å². The molecule has 1 N–H and O–H groups in total. The number of nitrogens with zero attached hydrogens (tertiary/aromatic N) is 2. The van der Waals surface area contributed by atoms with Gasteiger partial charge in [-0.1, -0.05) is 30.3 Å². The number of nitro groups is 1. The van der Waals surface area contributed by atoms with Crippen molar-refractivity contribution in [2.24, 2.45) is 0 Å². The van der Waals surface area contributed by atoms with Crippen molar-refractivity contribution < 1.29 is 14.5 Å². The quantitative estimate of drug-likeness (QED) is 0.688. The maximum absolute atomic E-state index is 12.5. The van der Waals surface area contributed by atoms with Crippen molar-refractivity contribution in [3.63, 3.8) is 0 Å². The van der Waals surface area contributed by atoms with E-state index in [2.05, 4.69) is 5.32 Å². The Labute approximate surface area is 139 Å². The van der Waals surface area contributed by atoms with Gasteiger partial charge in [-0.3, -0.25) is 14.9 Å². The first-order valence-electron chi connectivity index (χ1n) is 7.55. The van der Waals surface area contributed by atoms with Crippen LogP contribution in [0.3, 0.4) is 0 Å². The van der Waals surface area contributed by atoms with E-state index in [4.69, 9.17) is 4.74 Å². The summed E-state index contributed by atoms with van der Waals surface area (Å²) in [6.45, 7) is 1.43. The van der Waals surface area contributed by atoms with E-state index >= 15 is 0 Å². The lowest BCUT2D eigenvalue weighted by molar-refractivity contribution is -0.385. The minimum absolute atomic E-state index is 0.0343. The second-order valence-electron chi connectivity index (χ2n) is 5.53. The molecule has 7 nitrogen and oxygen atoms in total. The summed E-state index contributed by atoms with van der Waals surface area (Å²) in [5.41, 5.74) is 1.38. The number of hydrogen-bond acceptors (Lipinski definition) is 5. The molecule has 0 fully saturated rings. The zero-order chi connectivity index (χ0) is 17.1. The third kappa shape index (κ3) is 3.15. The number of anilines is 1. The molecule has 1 aliphatic heterocycles. The number of rotatable bonds is 4. The molecule has 124 valence electrons. The van der Waals surface area contributed by atoms with E-state index in [9.17, 15) is 14.9 Å². The fourth-order valence-corrected chi connectivity index (χ4v) is 2.59. The van der Waals surface area contributed by atoms with Crippen LogP contribution in [0.2, 0.25) is 0 Å². The molecule has 0 unspecified atom stereocenters. The number of benzene rings is 2. The van der Waals surface area contributed by atoms with Crippen LogP contribution in [0.5, 0.6) is 5.75 Å². The van der Waals surface area contributed by atoms with Gasteiger partial charge in [0.05, 0.1) is 23.2 Å². The normalized spacial score (nSPS) is 13.0. The number of carbonyl (C=O) groups is 1. The number of amides is 1. The van der Waals surface area contributed by atoms with E-state index in [1.807, 2.05) is 42.3 Å². The van der Waals surface area contributed by atoms with Gasteiger partial charge < -0.3 is 15.0 Å². The van der Waals surface area contributed by atoms with Crippen molar-refractivity contribution in [2.75, 3.05) is 25.1 Å². The number of nitrogens with one attached hydrogen (secondary N) is 1. The van der Waals surface area contributed by atoms with Gasteiger partial charge in [-0.2, -0.15) is 0 Å². The average molecular weight is 327 g/mol. The average Bonchev–Trinajstić information content (AvgIpc) is 2.60. The van der Waals surface area contributed by atoms with Gasteiger partial charge in [0.2, 0.25) is 0 Å². The number of fused-ring (bicyclic) bond motifs is 1. The highest BCUT2D eigenvalue weighted by Crippen LogP contribution is 2.36. The predicted octanol–water partition coefficient (Wildman–Crippen LogP) is 2.35. The fraction of sp³-hybridized carbons (Fsp3) is 0.235. The molecule has 0 bridgehead atoms. The largest absolute Gasteiger partial charge is 0.489 e. The van der Waals surface area contributed by atoms with Crippen LogP contribution in [-0.2, 0) is 6.54 Å². The van der Waals surface area contributed by atoms with E-state index in [0.717, 1.165) is 5.56 Å². The van der Waals surface area contributed by atoms with E-state index < -0.39 is 10.8 Å². The summed E-state index contributed by atoms with van der Waals surface area (Å²) in [6.07, 6.45) is 0. The van der Waals surface area contributed by atoms with E-state index in [0.29, 0.717) is 31.1 Å². The standard InChI is InChI=1S/C17H17N3O4/c1-19-7-8-24-16-10-14(20(22)23)13(9-15(16)19)17(21)18-11-12-5-3-2-4-6-12/h2-6,9-10H,7-8,11H2,1H3,(H,18,21). The van der Waals surface area contributed by atoms with Crippen LogP contribution in [0.15, 0.2) is 42.5 Å². The Kier molecular flexibility index (Phi) is 4.33. The summed E-state index contributed by atoms with van der Waals surface area (Å²) in [4.78, 5) is 25.1. The molecule has 1 aliphatic rings. The Bertz CT molecular complexity index is 777. The van der Waals surface area contributed by atoms with Gasteiger partial charge in [0, 0.05) is 13.6 Å². The summed E-state index contributed by atoms with van der Waals surface area (Å²) in [6, 6.07) is 12.2. The van der Waals surface area contributed by atoms with Crippen LogP contribution in [0, 0.1) is 10.1 Å². The highest BCUT2D eigenvalue weighted by molar-refractivity contribution is 6.00. The molecular formula is C17H17N3O4. The third-order valence-corrected chi connectivity index (χ3v) is 3.91. The molecule has 0 aromatic heterocycles. The first-order valence-corrected chi connectivity index (χ1v) is 7.55. The molecule has 0 saturated carbocycles. The summed E-state index contributed by atoms with van der Waals surface area (Å²) in [5, 5.41) is 14.1. The van der Waals surface area contributed by atoms with Crippen LogP contribution >= 0.6 is 0 Å². The molecule has 2 aromatic carbocycles. The van der Waals surface area contributed by atoms with Gasteiger partial charge in [0.25, 0.3) is 11.6 Å². The van der Waals surface area contributed by atoms with Crippen molar-refractivity contribution >= 4 is 17.3 Å². The highest BCUT2D eigenvalue weighted by Gasteiger charge is 2.27. The van der Waals surface area contributed by atoms with Gasteiger partial charge in [0.15, 0.2) is 0 Å². The second-order valence-corrected chi connectivity index (χ2v) is 5.53. The van der Waals surface area contributed by atoms with Gasteiger partial charge >= 0.3 is 0 Å². The van der Waals surface area contributed by atoms with Crippen LogP contribution in [0.1, 0.15) is 15.9 Å². The smallest absolute Gasteiger partial charge is 0.286 e. The molecule has 3 rings (SSSR count). The Balaban J connectivity index is 1.89. The number of carbonyl (C=O) groups excluding carboxylic acids is 1. The van der Waals surface area contributed by atoms with Crippen LogP contribution < -0.4 is 15.0 Å². The summed E-state index contributed by atoms with van der Waals surface area (Å²) < 4.78 is 5.47. The van der Waals surface area contributed by atoms with Crippen molar-refractivity contribution in [3.8, 4) is 5.75 Å². The maximum Gasteiger partial charge on any atom is 0.286 e. The lowest BCUT2D eigenvalue weighted by Crippen LogP contribution is -2.30. The second kappa shape index (κ2) is 6.57. The molecule has 7 heteroatoms. The zero-order valence-corrected chi connectivity index (χ0v) is 13.2. The number of likely N-dealkylation sites (N-methyl/N-ethyl adjacent to an activating group) is 1. The Morgan fingerprint density at radius 3 is 2.79 bits per heavy atom. The molecular weight excluding hydrogens is 310 g/mol. The van der Waals surface area contributed by atoms with Gasteiger partial charge in [-0.25, -0.2) is 0 Å². The van der Waals surface area contributed by atoms with Gasteiger partial charge in [0.1, 0.15) is 17.9 Å². The Morgan fingerprint density at radius 2 is 2.08 bits per heavy atom. The molecule has 1 heterocycles. The predicted molar refractivity (Wildman–Crippen MR) is 89.5 cm³/mol. The number of hydrogen-bond donors (Lipinski definition) is 1. The summed E-state index contributed by atoms with van der Waals surface area (Å²) in [7, 11) is 1.86. The Hall–Kier alpha value is -3.09. The van der Waals surface area contributed by atoms with Crippen molar-refractivity contribution in [1.29, 1.82) is 0 Å². The molecule has 0 radical (unpaired) electrons. The molecule has 0 saturated heterocycles. The molecule has 0 spiro atoms. The first kappa shape index (κ1) is 15.8. The first-order chi connectivity index (χ1) is 11.6. The number of nitro benzene ring substituents is 1. The monoisotopic (exact) mass is 327 g/mol. The van der Waals surface area contributed by atoms with Crippen molar-refractivity contribution in [2.45, 2.75) is 6.54 Å². The summed E-state index contributed by atoms with van der Waals surface area (Å²) in [5.74, 6) is -0.0533. The van der Waals surface area contributed by atoms with Gasteiger partial charge in [-0.05, 0) is 11.6 Å². The molecule has 1 amide bonds. The van der Waals surface area contributed by atoms with Gasteiger partial charge in [-0.15, -0.1) is 0 Å². The zero-order valence-electron chi connectivity index (χ0n) is 13.2. The minimum atomic E-state index is -0.560. The van der Waals surface area contributed by atoms with Crippen molar-refractivity contribution in [1.82, 2.24) is 5.32 Å². The maximum atomic E-state index is 12.5. The van der Waals surface area contributed by atoms with Crippen LogP contribution in [-0.4, -0.2) is 31.0 Å². The molecule has 0 aliphatic carbocycles. The Morgan fingerprint density at radius 1 is 1.33 bits per heavy atom. The van der Waals surface area contributed by atoms with Crippen LogP contribution in [0.4, 0.5) is 11.4 Å².